The Hall–Kier alpha value is -2.80. The van der Waals surface area contributed by atoms with E-state index >= 15 is 0 Å². The maximum absolute atomic E-state index is 5.59. The number of aromatic nitrogens is 3. The number of hydrogen-bond donors (Lipinski definition) is 1. The molecule has 4 aromatic rings. The Bertz CT molecular complexity index is 1160. The molecule has 1 N–H and O–H groups in total. The van der Waals surface area contributed by atoms with Crippen LogP contribution in [0.1, 0.15) is 16.8 Å². The van der Waals surface area contributed by atoms with Crippen LogP contribution in [-0.4, -0.2) is 21.6 Å². The van der Waals surface area contributed by atoms with Crippen molar-refractivity contribution in [2.75, 3.05) is 12.1 Å². The summed E-state index contributed by atoms with van der Waals surface area (Å²) in [5.41, 5.74) is 4.47. The minimum atomic E-state index is 0.279. The van der Waals surface area contributed by atoms with Gasteiger partial charge in [-0.25, -0.2) is 4.98 Å². The van der Waals surface area contributed by atoms with Crippen molar-refractivity contribution in [1.82, 2.24) is 14.8 Å². The van der Waals surface area contributed by atoms with E-state index in [1.165, 1.54) is 10.9 Å². The van der Waals surface area contributed by atoms with Gasteiger partial charge in [0.15, 0.2) is 17.3 Å². The number of nitrogens with zero attached hydrogens (tertiary/aromatic N) is 3. The van der Waals surface area contributed by atoms with Gasteiger partial charge >= 0.3 is 0 Å². The fourth-order valence-electron chi connectivity index (χ4n) is 3.56. The lowest BCUT2D eigenvalue weighted by Gasteiger charge is -2.06. The SMILES string of the molecule is Cc1cc(C)c2c(n1)sc1c(NCc3cccc4c3OCO4)nn(C)c12. The summed E-state index contributed by atoms with van der Waals surface area (Å²) in [5, 5.41) is 9.34. The summed E-state index contributed by atoms with van der Waals surface area (Å²) in [7, 11) is 1.98. The molecule has 3 aromatic heterocycles. The summed E-state index contributed by atoms with van der Waals surface area (Å²) in [5.74, 6) is 2.49. The number of fused-ring (bicyclic) bond motifs is 4. The molecule has 132 valence electrons. The third kappa shape index (κ3) is 2.24. The van der Waals surface area contributed by atoms with Crippen molar-refractivity contribution in [1.29, 1.82) is 0 Å². The zero-order valence-electron chi connectivity index (χ0n) is 14.8. The number of thiophene rings is 1. The van der Waals surface area contributed by atoms with Gasteiger partial charge in [0.25, 0.3) is 0 Å². The molecule has 0 saturated heterocycles. The number of rotatable bonds is 3. The van der Waals surface area contributed by atoms with Gasteiger partial charge in [-0.2, -0.15) is 5.10 Å². The summed E-state index contributed by atoms with van der Waals surface area (Å²) >= 11 is 1.69. The Labute approximate surface area is 154 Å². The first-order chi connectivity index (χ1) is 12.6. The van der Waals surface area contributed by atoms with Crippen LogP contribution < -0.4 is 14.8 Å². The average Bonchev–Trinajstić information content (AvgIpc) is 3.28. The zero-order valence-corrected chi connectivity index (χ0v) is 15.6. The van der Waals surface area contributed by atoms with E-state index in [1.54, 1.807) is 11.3 Å². The number of para-hydroxylation sites is 1. The van der Waals surface area contributed by atoms with Crippen molar-refractivity contribution < 1.29 is 9.47 Å². The molecule has 4 heterocycles. The normalized spacial score (nSPS) is 13.0. The van der Waals surface area contributed by atoms with Gasteiger partial charge in [0.1, 0.15) is 4.83 Å². The highest BCUT2D eigenvalue weighted by atomic mass is 32.1. The number of pyridine rings is 1. The molecule has 0 atom stereocenters. The van der Waals surface area contributed by atoms with Crippen molar-refractivity contribution in [3.63, 3.8) is 0 Å². The van der Waals surface area contributed by atoms with Crippen molar-refractivity contribution >= 4 is 37.6 Å². The van der Waals surface area contributed by atoms with Crippen LogP contribution in [0.15, 0.2) is 24.3 Å². The summed E-state index contributed by atoms with van der Waals surface area (Å²) in [6.45, 7) is 5.07. The van der Waals surface area contributed by atoms with E-state index in [0.717, 1.165) is 43.6 Å². The lowest BCUT2D eigenvalue weighted by molar-refractivity contribution is 0.173. The topological polar surface area (TPSA) is 61.2 Å². The second-order valence-corrected chi connectivity index (χ2v) is 7.52. The Morgan fingerprint density at radius 3 is 3.04 bits per heavy atom. The molecule has 0 amide bonds. The molecule has 7 heteroatoms. The molecule has 0 spiro atoms. The van der Waals surface area contributed by atoms with E-state index in [4.69, 9.17) is 14.5 Å². The molecule has 5 rings (SSSR count). The molecule has 1 aliphatic heterocycles. The first kappa shape index (κ1) is 15.5. The van der Waals surface area contributed by atoms with Crippen LogP contribution in [0.4, 0.5) is 5.82 Å². The standard InChI is InChI=1S/C19H18N4O2S/c1-10-7-11(2)21-19-14(10)15-17(26-19)18(22-23(15)3)20-8-12-5-4-6-13-16(12)25-9-24-13/h4-7H,8-9H2,1-3H3,(H,20,22). The summed E-state index contributed by atoms with van der Waals surface area (Å²) in [6, 6.07) is 8.07. The molecular weight excluding hydrogens is 348 g/mol. The third-order valence-electron chi connectivity index (χ3n) is 4.68. The molecule has 1 aromatic carbocycles. The van der Waals surface area contributed by atoms with Gasteiger partial charge in [0, 0.05) is 30.2 Å². The van der Waals surface area contributed by atoms with Gasteiger partial charge in [-0.05, 0) is 31.5 Å². The minimum absolute atomic E-state index is 0.279. The predicted molar refractivity (Wildman–Crippen MR) is 103 cm³/mol. The fourth-order valence-corrected chi connectivity index (χ4v) is 4.85. The Balaban J connectivity index is 1.56. The number of aryl methyl sites for hydroxylation is 3. The van der Waals surface area contributed by atoms with Gasteiger partial charge in [0.2, 0.25) is 6.79 Å². The van der Waals surface area contributed by atoms with E-state index in [-0.39, 0.29) is 6.79 Å². The zero-order chi connectivity index (χ0) is 17.8. The molecular formula is C19H18N4O2S. The van der Waals surface area contributed by atoms with E-state index in [0.29, 0.717) is 6.54 Å². The smallest absolute Gasteiger partial charge is 0.231 e. The van der Waals surface area contributed by atoms with E-state index in [9.17, 15) is 0 Å². The van der Waals surface area contributed by atoms with Gasteiger partial charge in [-0.1, -0.05) is 12.1 Å². The Morgan fingerprint density at radius 1 is 1.27 bits per heavy atom. The molecule has 0 bridgehead atoms. The van der Waals surface area contributed by atoms with Crippen LogP contribution in [0, 0.1) is 13.8 Å². The number of anilines is 1. The highest BCUT2D eigenvalue weighted by Crippen LogP contribution is 2.40. The number of nitrogens with one attached hydrogen (secondary N) is 1. The molecule has 26 heavy (non-hydrogen) atoms. The second-order valence-electron chi connectivity index (χ2n) is 6.52. The monoisotopic (exact) mass is 366 g/mol. The van der Waals surface area contributed by atoms with E-state index in [2.05, 4.69) is 23.4 Å². The maximum Gasteiger partial charge on any atom is 0.231 e. The Morgan fingerprint density at radius 2 is 2.15 bits per heavy atom. The summed E-state index contributed by atoms with van der Waals surface area (Å²) in [4.78, 5) is 5.77. The first-order valence-electron chi connectivity index (χ1n) is 8.46. The van der Waals surface area contributed by atoms with Crippen molar-refractivity contribution in [3.05, 3.63) is 41.1 Å². The highest BCUT2D eigenvalue weighted by Gasteiger charge is 2.20. The largest absolute Gasteiger partial charge is 0.454 e. The van der Waals surface area contributed by atoms with Crippen LogP contribution in [0.25, 0.3) is 20.4 Å². The molecule has 0 saturated carbocycles. The summed E-state index contributed by atoms with van der Waals surface area (Å²) in [6.07, 6.45) is 0. The van der Waals surface area contributed by atoms with Crippen LogP contribution in [0.5, 0.6) is 11.5 Å². The predicted octanol–water partition coefficient (Wildman–Crippen LogP) is 4.14. The van der Waals surface area contributed by atoms with Gasteiger partial charge in [0.05, 0.1) is 10.2 Å². The number of hydrogen-bond acceptors (Lipinski definition) is 6. The quantitative estimate of drug-likeness (QED) is 0.590. The van der Waals surface area contributed by atoms with Crippen LogP contribution in [0.2, 0.25) is 0 Å². The highest BCUT2D eigenvalue weighted by molar-refractivity contribution is 7.26. The third-order valence-corrected chi connectivity index (χ3v) is 5.75. The molecule has 0 aliphatic carbocycles. The Kier molecular flexibility index (Phi) is 3.33. The molecule has 6 nitrogen and oxygen atoms in total. The molecule has 0 unspecified atom stereocenters. The minimum Gasteiger partial charge on any atom is -0.454 e. The first-order valence-corrected chi connectivity index (χ1v) is 9.28. The van der Waals surface area contributed by atoms with Crippen LogP contribution in [-0.2, 0) is 13.6 Å². The maximum atomic E-state index is 5.59. The van der Waals surface area contributed by atoms with E-state index < -0.39 is 0 Å². The van der Waals surface area contributed by atoms with Crippen molar-refractivity contribution in [2.24, 2.45) is 7.05 Å². The van der Waals surface area contributed by atoms with Crippen LogP contribution >= 0.6 is 11.3 Å². The number of benzene rings is 1. The van der Waals surface area contributed by atoms with Gasteiger partial charge in [-0.3, -0.25) is 4.68 Å². The lowest BCUT2D eigenvalue weighted by Crippen LogP contribution is -2.02. The second kappa shape index (κ2) is 5.60. The summed E-state index contributed by atoms with van der Waals surface area (Å²) < 4.78 is 14.1. The molecule has 1 aliphatic rings. The van der Waals surface area contributed by atoms with E-state index in [1.807, 2.05) is 36.9 Å². The fraction of sp³-hybridized carbons (Fsp3) is 0.263. The van der Waals surface area contributed by atoms with Crippen molar-refractivity contribution in [3.8, 4) is 11.5 Å². The number of ether oxygens (including phenoxy) is 2. The average molecular weight is 366 g/mol. The van der Waals surface area contributed by atoms with Crippen LogP contribution in [0.3, 0.4) is 0 Å². The molecule has 0 fully saturated rings. The lowest BCUT2D eigenvalue weighted by atomic mass is 10.1. The molecule has 0 radical (unpaired) electrons. The van der Waals surface area contributed by atoms with Crippen molar-refractivity contribution in [2.45, 2.75) is 20.4 Å². The van der Waals surface area contributed by atoms with Gasteiger partial charge in [-0.15, -0.1) is 11.3 Å². The van der Waals surface area contributed by atoms with Gasteiger partial charge < -0.3 is 14.8 Å².